The van der Waals surface area contributed by atoms with E-state index >= 15 is 0 Å². The van der Waals surface area contributed by atoms with Crippen molar-refractivity contribution in [2.75, 3.05) is 21.2 Å². The van der Waals surface area contributed by atoms with Crippen LogP contribution < -0.4 is 10.1 Å². The van der Waals surface area contributed by atoms with Crippen LogP contribution >= 0.6 is 0 Å². The molecule has 0 aromatic heterocycles. The monoisotopic (exact) mass is 384 g/mol. The van der Waals surface area contributed by atoms with E-state index in [1.54, 1.807) is 0 Å². The second kappa shape index (κ2) is 7.63. The summed E-state index contributed by atoms with van der Waals surface area (Å²) >= 11 is 0. The molecule has 8 nitrogen and oxygen atoms in total. The zero-order chi connectivity index (χ0) is 19.5. The number of carboxylic acids is 1. The Morgan fingerprint density at radius 1 is 1.19 bits per heavy atom. The van der Waals surface area contributed by atoms with E-state index in [0.717, 1.165) is 23.6 Å². The molecule has 26 heavy (non-hydrogen) atoms. The van der Waals surface area contributed by atoms with Crippen LogP contribution in [0.4, 0.5) is 0 Å². The predicted octanol–water partition coefficient (Wildman–Crippen LogP) is 1.46. The summed E-state index contributed by atoms with van der Waals surface area (Å²) in [6.07, 6.45) is 3.07. The maximum absolute atomic E-state index is 12.6. The minimum Gasteiger partial charge on any atom is -0.495 e. The summed E-state index contributed by atoms with van der Waals surface area (Å²) in [7, 11) is 0.266. The molecule has 0 aliphatic heterocycles. The first-order chi connectivity index (χ1) is 12.1. The normalized spacial score (nSPS) is 16.9. The Morgan fingerprint density at radius 2 is 1.81 bits per heavy atom. The molecule has 0 unspecified atom stereocenters. The Balaban J connectivity index is 2.39. The van der Waals surface area contributed by atoms with Gasteiger partial charge in [-0.15, -0.1) is 0 Å². The SMILES string of the molecule is COc1ccc(C(=O)NC2(C(=O)O)CCCCC2)cc1S(=O)(=O)N(C)C. The van der Waals surface area contributed by atoms with Crippen LogP contribution in [0, 0.1) is 0 Å². The Kier molecular flexibility index (Phi) is 5.92. The van der Waals surface area contributed by atoms with E-state index in [0.29, 0.717) is 12.8 Å². The van der Waals surface area contributed by atoms with Crippen LogP contribution in [0.25, 0.3) is 0 Å². The van der Waals surface area contributed by atoms with E-state index in [2.05, 4.69) is 5.32 Å². The van der Waals surface area contributed by atoms with Crippen molar-refractivity contribution in [2.24, 2.45) is 0 Å². The number of benzene rings is 1. The molecule has 1 fully saturated rings. The van der Waals surface area contributed by atoms with Gasteiger partial charge in [-0.05, 0) is 31.0 Å². The fraction of sp³-hybridized carbons (Fsp3) is 0.529. The molecule has 1 aliphatic carbocycles. The summed E-state index contributed by atoms with van der Waals surface area (Å²) in [5, 5.41) is 12.2. The number of hydrogen-bond acceptors (Lipinski definition) is 5. The van der Waals surface area contributed by atoms with Gasteiger partial charge in [0.2, 0.25) is 10.0 Å². The van der Waals surface area contributed by atoms with E-state index < -0.39 is 27.4 Å². The molecule has 1 amide bonds. The molecule has 9 heteroatoms. The number of carbonyl (C=O) groups excluding carboxylic acids is 1. The van der Waals surface area contributed by atoms with Crippen LogP contribution in [-0.2, 0) is 14.8 Å². The van der Waals surface area contributed by atoms with Crippen LogP contribution in [0.5, 0.6) is 5.75 Å². The van der Waals surface area contributed by atoms with Crippen LogP contribution in [0.15, 0.2) is 23.1 Å². The third-order valence-corrected chi connectivity index (χ3v) is 6.49. The number of methoxy groups -OCH3 is 1. The number of nitrogens with one attached hydrogen (secondary N) is 1. The van der Waals surface area contributed by atoms with Crippen molar-refractivity contribution in [1.29, 1.82) is 0 Å². The first-order valence-corrected chi connectivity index (χ1v) is 9.74. The molecule has 1 aromatic carbocycles. The maximum Gasteiger partial charge on any atom is 0.329 e. The molecule has 0 radical (unpaired) electrons. The topological polar surface area (TPSA) is 113 Å². The smallest absolute Gasteiger partial charge is 0.329 e. The van der Waals surface area contributed by atoms with Crippen molar-refractivity contribution < 1.29 is 27.9 Å². The highest BCUT2D eigenvalue weighted by Crippen LogP contribution is 2.30. The molecule has 1 aromatic rings. The highest BCUT2D eigenvalue weighted by molar-refractivity contribution is 7.89. The lowest BCUT2D eigenvalue weighted by atomic mass is 9.81. The number of aliphatic carboxylic acids is 1. The largest absolute Gasteiger partial charge is 0.495 e. The first kappa shape index (κ1) is 20.2. The van der Waals surface area contributed by atoms with E-state index in [4.69, 9.17) is 4.74 Å². The number of nitrogens with zero attached hydrogens (tertiary/aromatic N) is 1. The number of ether oxygens (including phenoxy) is 1. The molecule has 1 saturated carbocycles. The van der Waals surface area contributed by atoms with Crippen LogP contribution in [-0.4, -0.2) is 56.5 Å². The summed E-state index contributed by atoms with van der Waals surface area (Å²) < 4.78 is 31.0. The fourth-order valence-electron chi connectivity index (χ4n) is 3.05. The molecule has 0 saturated heterocycles. The van der Waals surface area contributed by atoms with Crippen molar-refractivity contribution in [2.45, 2.75) is 42.5 Å². The summed E-state index contributed by atoms with van der Waals surface area (Å²) in [6.45, 7) is 0. The number of carboxylic acid groups (broad SMARTS) is 1. The van der Waals surface area contributed by atoms with Gasteiger partial charge in [-0.1, -0.05) is 19.3 Å². The lowest BCUT2D eigenvalue weighted by Crippen LogP contribution is -2.55. The summed E-state index contributed by atoms with van der Waals surface area (Å²) in [5.74, 6) is -1.58. The van der Waals surface area contributed by atoms with Gasteiger partial charge < -0.3 is 15.2 Å². The van der Waals surface area contributed by atoms with E-state index in [9.17, 15) is 23.1 Å². The molecule has 2 N–H and O–H groups in total. The number of rotatable bonds is 6. The van der Waals surface area contributed by atoms with Gasteiger partial charge in [0.15, 0.2) is 0 Å². The van der Waals surface area contributed by atoms with Gasteiger partial charge in [0.25, 0.3) is 5.91 Å². The lowest BCUT2D eigenvalue weighted by Gasteiger charge is -2.34. The molecule has 2 rings (SSSR count). The average molecular weight is 384 g/mol. The van der Waals surface area contributed by atoms with Crippen molar-refractivity contribution in [1.82, 2.24) is 9.62 Å². The number of carbonyl (C=O) groups is 2. The second-order valence-corrected chi connectivity index (χ2v) is 8.68. The van der Waals surface area contributed by atoms with Gasteiger partial charge in [0, 0.05) is 19.7 Å². The molecule has 1 aliphatic rings. The summed E-state index contributed by atoms with van der Waals surface area (Å²) in [5.41, 5.74) is -1.24. The first-order valence-electron chi connectivity index (χ1n) is 8.30. The van der Waals surface area contributed by atoms with E-state index in [1.807, 2.05) is 0 Å². The Bertz CT molecular complexity index is 797. The van der Waals surface area contributed by atoms with Crippen molar-refractivity contribution in [3.05, 3.63) is 23.8 Å². The standard InChI is InChI=1S/C17H24N2O6S/c1-19(2)26(23,24)14-11-12(7-8-13(14)25-3)15(20)18-17(16(21)22)9-5-4-6-10-17/h7-8,11H,4-6,9-10H2,1-3H3,(H,18,20)(H,21,22). The van der Waals surface area contributed by atoms with Gasteiger partial charge in [-0.3, -0.25) is 4.79 Å². The van der Waals surface area contributed by atoms with Crippen LogP contribution in [0.3, 0.4) is 0 Å². The van der Waals surface area contributed by atoms with Crippen molar-refractivity contribution in [3.63, 3.8) is 0 Å². The Morgan fingerprint density at radius 3 is 2.31 bits per heavy atom. The van der Waals surface area contributed by atoms with Gasteiger partial charge in [0.1, 0.15) is 16.2 Å². The molecule has 0 heterocycles. The molecule has 0 atom stereocenters. The minimum atomic E-state index is -3.83. The highest BCUT2D eigenvalue weighted by atomic mass is 32.2. The van der Waals surface area contributed by atoms with Gasteiger partial charge >= 0.3 is 5.97 Å². The number of amides is 1. The van der Waals surface area contributed by atoms with Gasteiger partial charge in [0.05, 0.1) is 7.11 Å². The second-order valence-electron chi connectivity index (χ2n) is 6.56. The summed E-state index contributed by atoms with van der Waals surface area (Å²) in [6, 6.07) is 4.02. The Hall–Kier alpha value is -2.13. The fourth-order valence-corrected chi connectivity index (χ4v) is 4.13. The molecular formula is C17H24N2O6S. The minimum absolute atomic E-state index is 0.0671. The molecule has 0 spiro atoms. The van der Waals surface area contributed by atoms with E-state index in [1.165, 1.54) is 39.4 Å². The number of sulfonamides is 1. The number of hydrogen-bond donors (Lipinski definition) is 2. The quantitative estimate of drug-likeness (QED) is 0.768. The van der Waals surface area contributed by atoms with Gasteiger partial charge in [-0.2, -0.15) is 0 Å². The predicted molar refractivity (Wildman–Crippen MR) is 94.8 cm³/mol. The zero-order valence-electron chi connectivity index (χ0n) is 15.1. The average Bonchev–Trinajstić information content (AvgIpc) is 2.61. The van der Waals surface area contributed by atoms with Crippen LogP contribution in [0.2, 0.25) is 0 Å². The third-order valence-electron chi connectivity index (χ3n) is 4.65. The van der Waals surface area contributed by atoms with Crippen molar-refractivity contribution >= 4 is 21.9 Å². The molecule has 0 bridgehead atoms. The molecule has 144 valence electrons. The van der Waals surface area contributed by atoms with E-state index in [-0.39, 0.29) is 16.2 Å². The van der Waals surface area contributed by atoms with Crippen molar-refractivity contribution in [3.8, 4) is 5.75 Å². The third kappa shape index (κ3) is 3.83. The van der Waals surface area contributed by atoms with Gasteiger partial charge in [-0.25, -0.2) is 17.5 Å². The summed E-state index contributed by atoms with van der Waals surface area (Å²) in [4.78, 5) is 24.2. The van der Waals surface area contributed by atoms with Crippen LogP contribution in [0.1, 0.15) is 42.5 Å². The maximum atomic E-state index is 12.6. The highest BCUT2D eigenvalue weighted by Gasteiger charge is 2.41. The molecular weight excluding hydrogens is 360 g/mol. The zero-order valence-corrected chi connectivity index (χ0v) is 15.9. The Labute approximate surface area is 153 Å². The lowest BCUT2D eigenvalue weighted by molar-refractivity contribution is -0.145.